The quantitative estimate of drug-likeness (QED) is 0.520. The van der Waals surface area contributed by atoms with Gasteiger partial charge in [-0.3, -0.25) is 4.79 Å². The molecule has 3 nitrogen and oxygen atoms in total. The van der Waals surface area contributed by atoms with Gasteiger partial charge in [-0.2, -0.15) is 0 Å². The number of Topliss-reactive ketones (excluding diaryl/α,β-unsaturated/α-hetero) is 1. The topological polar surface area (TPSA) is 43.4 Å². The van der Waals surface area contributed by atoms with Gasteiger partial charge in [-0.05, 0) is 62.6 Å². The van der Waals surface area contributed by atoms with Gasteiger partial charge in [0.05, 0.1) is 0 Å². The average molecular weight is 376 g/mol. The van der Waals surface area contributed by atoms with Crippen LogP contribution in [0.1, 0.15) is 45.6 Å². The highest BCUT2D eigenvalue weighted by Crippen LogP contribution is 2.30. The summed E-state index contributed by atoms with van der Waals surface area (Å²) >= 11 is 0. The Kier molecular flexibility index (Phi) is 6.13. The van der Waals surface area contributed by atoms with Crippen molar-refractivity contribution in [3.8, 4) is 11.1 Å². The number of ether oxygens (including phenoxy) is 1. The fourth-order valence-corrected chi connectivity index (χ4v) is 3.61. The summed E-state index contributed by atoms with van der Waals surface area (Å²) in [6.45, 7) is 5.48. The molecule has 2 aromatic carbocycles. The fraction of sp³-hybridized carbons (Fsp3) is 0.360. The second kappa shape index (κ2) is 8.55. The molecule has 146 valence electrons. The highest BCUT2D eigenvalue weighted by molar-refractivity contribution is 6.01. The number of ketones is 1. The van der Waals surface area contributed by atoms with E-state index in [1.165, 1.54) is 22.8 Å². The molecule has 0 aliphatic heterocycles. The van der Waals surface area contributed by atoms with Crippen LogP contribution in [0.2, 0.25) is 0 Å². The summed E-state index contributed by atoms with van der Waals surface area (Å²) in [5.74, 6) is 0.0132. The molecule has 28 heavy (non-hydrogen) atoms. The predicted octanol–water partition coefficient (Wildman–Crippen LogP) is 5.53. The molecule has 1 aliphatic rings. The van der Waals surface area contributed by atoms with Crippen molar-refractivity contribution in [1.82, 2.24) is 0 Å². The number of carbonyl (C=O) groups is 2. The standard InChI is InChI=1S/C25H28O3/c1-25(2,3)28-24(27)17-22-16-19(11-14-23(22)26)15-18-9-12-21(13-10-18)20-7-5-4-6-8-20/h4-10,12-13,17,19H,11,14-16H2,1-3H3/b22-17-. The van der Waals surface area contributed by atoms with Gasteiger partial charge in [0, 0.05) is 18.1 Å². The third-order valence-electron chi connectivity index (χ3n) is 4.93. The first kappa shape index (κ1) is 20.1. The normalized spacial score (nSPS) is 18.9. The molecule has 1 unspecified atom stereocenters. The molecule has 3 rings (SSSR count). The summed E-state index contributed by atoms with van der Waals surface area (Å²) in [7, 11) is 0. The van der Waals surface area contributed by atoms with Crippen LogP contribution in [-0.4, -0.2) is 17.4 Å². The zero-order valence-electron chi connectivity index (χ0n) is 16.9. The van der Waals surface area contributed by atoms with Crippen LogP contribution in [0.3, 0.4) is 0 Å². The molecule has 1 saturated carbocycles. The van der Waals surface area contributed by atoms with Crippen LogP contribution in [0.15, 0.2) is 66.2 Å². The number of benzene rings is 2. The molecule has 3 heteroatoms. The molecule has 0 bridgehead atoms. The van der Waals surface area contributed by atoms with Crippen molar-refractivity contribution in [1.29, 1.82) is 0 Å². The lowest BCUT2D eigenvalue weighted by molar-refractivity contribution is -0.148. The van der Waals surface area contributed by atoms with E-state index in [0.29, 0.717) is 24.3 Å². The van der Waals surface area contributed by atoms with Gasteiger partial charge in [-0.15, -0.1) is 0 Å². The molecule has 0 spiro atoms. The lowest BCUT2D eigenvalue weighted by Gasteiger charge is -2.24. The first-order valence-electron chi connectivity index (χ1n) is 9.91. The Morgan fingerprint density at radius 3 is 2.32 bits per heavy atom. The summed E-state index contributed by atoms with van der Waals surface area (Å²) in [4.78, 5) is 24.3. The second-order valence-electron chi connectivity index (χ2n) is 8.50. The van der Waals surface area contributed by atoms with Crippen molar-refractivity contribution in [2.24, 2.45) is 5.92 Å². The first-order chi connectivity index (χ1) is 13.3. The van der Waals surface area contributed by atoms with Crippen LogP contribution in [0, 0.1) is 5.92 Å². The van der Waals surface area contributed by atoms with Crippen LogP contribution in [0.4, 0.5) is 0 Å². The molecule has 0 amide bonds. The molecule has 1 atom stereocenters. The maximum atomic E-state index is 12.2. The second-order valence-corrected chi connectivity index (χ2v) is 8.50. The van der Waals surface area contributed by atoms with Crippen molar-refractivity contribution >= 4 is 11.8 Å². The Hall–Kier alpha value is -2.68. The van der Waals surface area contributed by atoms with Crippen molar-refractivity contribution in [3.05, 3.63) is 71.8 Å². The van der Waals surface area contributed by atoms with Crippen molar-refractivity contribution in [3.63, 3.8) is 0 Å². The number of hydrogen-bond acceptors (Lipinski definition) is 3. The molecule has 1 aliphatic carbocycles. The Labute approximate surface area is 167 Å². The SMILES string of the molecule is CC(C)(C)OC(=O)/C=C1/CC(Cc2ccc(-c3ccccc3)cc2)CCC1=O. The van der Waals surface area contributed by atoms with E-state index in [1.54, 1.807) is 0 Å². The molecule has 0 N–H and O–H groups in total. The Morgan fingerprint density at radius 1 is 1.04 bits per heavy atom. The number of allylic oxidation sites excluding steroid dienone is 1. The minimum Gasteiger partial charge on any atom is -0.457 e. The van der Waals surface area contributed by atoms with Crippen LogP contribution < -0.4 is 0 Å². The molecule has 1 fully saturated rings. The molecular weight excluding hydrogens is 348 g/mol. The Balaban J connectivity index is 1.64. The summed E-state index contributed by atoms with van der Waals surface area (Å²) in [6, 6.07) is 18.9. The van der Waals surface area contributed by atoms with Gasteiger partial charge in [0.25, 0.3) is 0 Å². The lowest BCUT2D eigenvalue weighted by atomic mass is 9.81. The van der Waals surface area contributed by atoms with E-state index in [4.69, 9.17) is 4.74 Å². The average Bonchev–Trinajstić information content (AvgIpc) is 2.64. The monoisotopic (exact) mass is 376 g/mol. The highest BCUT2D eigenvalue weighted by Gasteiger charge is 2.25. The minimum atomic E-state index is -0.550. The maximum Gasteiger partial charge on any atom is 0.331 e. The molecule has 0 aromatic heterocycles. The zero-order chi connectivity index (χ0) is 20.1. The predicted molar refractivity (Wildman–Crippen MR) is 112 cm³/mol. The lowest BCUT2D eigenvalue weighted by Crippen LogP contribution is -2.24. The Morgan fingerprint density at radius 2 is 1.68 bits per heavy atom. The number of esters is 1. The third-order valence-corrected chi connectivity index (χ3v) is 4.93. The molecule has 0 radical (unpaired) electrons. The largest absolute Gasteiger partial charge is 0.457 e. The van der Waals surface area contributed by atoms with Gasteiger partial charge in [0.1, 0.15) is 5.60 Å². The fourth-order valence-electron chi connectivity index (χ4n) is 3.61. The van der Waals surface area contributed by atoms with E-state index in [9.17, 15) is 9.59 Å². The van der Waals surface area contributed by atoms with Crippen molar-refractivity contribution in [2.45, 2.75) is 52.1 Å². The van der Waals surface area contributed by atoms with Gasteiger partial charge < -0.3 is 4.74 Å². The van der Waals surface area contributed by atoms with Gasteiger partial charge in [-0.1, -0.05) is 54.6 Å². The highest BCUT2D eigenvalue weighted by atomic mass is 16.6. The van der Waals surface area contributed by atoms with Crippen molar-refractivity contribution < 1.29 is 14.3 Å². The zero-order valence-corrected chi connectivity index (χ0v) is 16.9. The molecule has 0 saturated heterocycles. The number of hydrogen-bond donors (Lipinski definition) is 0. The van der Waals surface area contributed by atoms with Gasteiger partial charge >= 0.3 is 5.97 Å². The molecule has 2 aromatic rings. The van der Waals surface area contributed by atoms with Gasteiger partial charge in [0.2, 0.25) is 0 Å². The number of carbonyl (C=O) groups excluding carboxylic acids is 2. The van der Waals surface area contributed by atoms with Crippen LogP contribution >= 0.6 is 0 Å². The van der Waals surface area contributed by atoms with E-state index < -0.39 is 11.6 Å². The molecule has 0 heterocycles. The summed E-state index contributed by atoms with van der Waals surface area (Å²) in [5.41, 5.74) is 3.72. The van der Waals surface area contributed by atoms with E-state index in [1.807, 2.05) is 39.0 Å². The first-order valence-corrected chi connectivity index (χ1v) is 9.91. The van der Waals surface area contributed by atoms with Gasteiger partial charge in [0.15, 0.2) is 5.78 Å². The Bertz CT molecular complexity index is 855. The maximum absolute atomic E-state index is 12.2. The third kappa shape index (κ3) is 5.66. The van der Waals surface area contributed by atoms with Crippen LogP contribution in [0.25, 0.3) is 11.1 Å². The van der Waals surface area contributed by atoms with E-state index in [2.05, 4.69) is 36.4 Å². The summed E-state index contributed by atoms with van der Waals surface area (Å²) < 4.78 is 5.33. The molecular formula is C25H28O3. The van der Waals surface area contributed by atoms with Gasteiger partial charge in [-0.25, -0.2) is 4.79 Å². The van der Waals surface area contributed by atoms with Crippen molar-refractivity contribution in [2.75, 3.05) is 0 Å². The van der Waals surface area contributed by atoms with E-state index >= 15 is 0 Å². The summed E-state index contributed by atoms with van der Waals surface area (Å²) in [6.07, 6.45) is 4.32. The smallest absolute Gasteiger partial charge is 0.331 e. The summed E-state index contributed by atoms with van der Waals surface area (Å²) in [5, 5.41) is 0. The van der Waals surface area contributed by atoms with E-state index in [-0.39, 0.29) is 5.78 Å². The van der Waals surface area contributed by atoms with Crippen LogP contribution in [-0.2, 0) is 20.7 Å². The van der Waals surface area contributed by atoms with E-state index in [0.717, 1.165) is 12.8 Å². The minimum absolute atomic E-state index is 0.0709. The van der Waals surface area contributed by atoms with Crippen LogP contribution in [0.5, 0.6) is 0 Å². The number of rotatable bonds is 4.